The molecule has 0 N–H and O–H groups in total. The number of hydrogen-bond donors (Lipinski definition) is 0. The molecule has 0 aliphatic heterocycles. The molecule has 0 atom stereocenters. The number of nitrogens with zero attached hydrogens (tertiary/aromatic N) is 1. The smallest absolute Gasteiger partial charge is 0.136 e. The molecule has 0 aliphatic rings. The first-order chi connectivity index (χ1) is 27.2. The maximum absolute atomic E-state index is 6.56. The minimum Gasteiger partial charge on any atom is -0.456 e. The molecule has 0 bridgehead atoms. The van der Waals surface area contributed by atoms with Gasteiger partial charge < -0.3 is 9.32 Å². The predicted molar refractivity (Wildman–Crippen MR) is 234 cm³/mol. The lowest BCUT2D eigenvalue weighted by atomic mass is 9.92. The van der Waals surface area contributed by atoms with Gasteiger partial charge in [-0.15, -0.1) is 0 Å². The van der Waals surface area contributed by atoms with Gasteiger partial charge >= 0.3 is 0 Å². The highest BCUT2D eigenvalue weighted by Crippen LogP contribution is 2.45. The Morgan fingerprint density at radius 2 is 0.909 bits per heavy atom. The van der Waals surface area contributed by atoms with Gasteiger partial charge in [0.25, 0.3) is 0 Å². The zero-order valence-corrected chi connectivity index (χ0v) is 30.3. The second-order valence-electron chi connectivity index (χ2n) is 14.5. The number of benzene rings is 10. The fraction of sp³-hybridized carbons (Fsp3) is 0.0189. The maximum Gasteiger partial charge on any atom is 0.136 e. The zero-order chi connectivity index (χ0) is 36.5. The molecule has 0 unspecified atom stereocenters. The van der Waals surface area contributed by atoms with Crippen molar-refractivity contribution in [1.82, 2.24) is 0 Å². The Kier molecular flexibility index (Phi) is 7.11. The van der Waals surface area contributed by atoms with Crippen LogP contribution >= 0.6 is 0 Å². The normalized spacial score (nSPS) is 11.7. The number of aryl methyl sites for hydroxylation is 1. The summed E-state index contributed by atoms with van der Waals surface area (Å²) in [5.41, 5.74) is 11.2. The van der Waals surface area contributed by atoms with Gasteiger partial charge in [-0.2, -0.15) is 0 Å². The van der Waals surface area contributed by atoms with Gasteiger partial charge in [-0.3, -0.25) is 0 Å². The van der Waals surface area contributed by atoms with Gasteiger partial charge in [-0.25, -0.2) is 0 Å². The van der Waals surface area contributed by atoms with E-state index in [0.29, 0.717) is 0 Å². The fourth-order valence-electron chi connectivity index (χ4n) is 8.70. The molecule has 0 amide bonds. The van der Waals surface area contributed by atoms with Crippen LogP contribution in [0.2, 0.25) is 0 Å². The first kappa shape index (κ1) is 31.4. The molecular formula is C53H35NO. The number of furan rings is 1. The third-order valence-electron chi connectivity index (χ3n) is 11.3. The van der Waals surface area contributed by atoms with E-state index >= 15 is 0 Å². The van der Waals surface area contributed by atoms with Crippen LogP contribution in [0.1, 0.15) is 5.56 Å². The van der Waals surface area contributed by atoms with E-state index in [1.807, 2.05) is 0 Å². The van der Waals surface area contributed by atoms with E-state index in [9.17, 15) is 0 Å². The molecule has 11 aromatic rings. The van der Waals surface area contributed by atoms with Crippen molar-refractivity contribution in [3.05, 3.63) is 200 Å². The van der Waals surface area contributed by atoms with Crippen LogP contribution in [0.3, 0.4) is 0 Å². The molecule has 1 heterocycles. The van der Waals surface area contributed by atoms with Crippen molar-refractivity contribution < 1.29 is 4.42 Å². The molecule has 11 rings (SSSR count). The minimum atomic E-state index is 0.916. The molecule has 1 aromatic heterocycles. The molecule has 55 heavy (non-hydrogen) atoms. The van der Waals surface area contributed by atoms with Crippen molar-refractivity contribution in [2.24, 2.45) is 0 Å². The lowest BCUT2D eigenvalue weighted by Gasteiger charge is -2.28. The number of anilines is 3. The van der Waals surface area contributed by atoms with Crippen LogP contribution in [-0.2, 0) is 0 Å². The first-order valence-electron chi connectivity index (χ1n) is 18.9. The zero-order valence-electron chi connectivity index (χ0n) is 30.3. The fourth-order valence-corrected chi connectivity index (χ4v) is 8.70. The third-order valence-corrected chi connectivity index (χ3v) is 11.3. The van der Waals surface area contributed by atoms with Gasteiger partial charge in [0, 0.05) is 27.8 Å². The Morgan fingerprint density at radius 3 is 1.64 bits per heavy atom. The van der Waals surface area contributed by atoms with E-state index in [0.717, 1.165) is 33.6 Å². The third kappa shape index (κ3) is 5.10. The van der Waals surface area contributed by atoms with Crippen LogP contribution in [0.4, 0.5) is 17.1 Å². The summed E-state index contributed by atoms with van der Waals surface area (Å²) in [6.07, 6.45) is 0. The quantitative estimate of drug-likeness (QED) is 0.166. The summed E-state index contributed by atoms with van der Waals surface area (Å²) in [7, 11) is 0. The molecule has 10 aromatic carbocycles. The number of rotatable bonds is 5. The van der Waals surface area contributed by atoms with Crippen molar-refractivity contribution in [3.63, 3.8) is 0 Å². The second kappa shape index (κ2) is 12.5. The van der Waals surface area contributed by atoms with Crippen LogP contribution in [0, 0.1) is 6.92 Å². The summed E-state index contributed by atoms with van der Waals surface area (Å²) >= 11 is 0. The summed E-state index contributed by atoms with van der Waals surface area (Å²) in [4.78, 5) is 2.41. The summed E-state index contributed by atoms with van der Waals surface area (Å²) in [6.45, 7) is 2.22. The van der Waals surface area contributed by atoms with Crippen molar-refractivity contribution in [2.45, 2.75) is 6.92 Å². The summed E-state index contributed by atoms with van der Waals surface area (Å²) in [6, 6.07) is 70.3. The Bertz CT molecular complexity index is 3250. The second-order valence-corrected chi connectivity index (χ2v) is 14.5. The lowest BCUT2D eigenvalue weighted by Crippen LogP contribution is -2.11. The molecule has 0 radical (unpaired) electrons. The van der Waals surface area contributed by atoms with Gasteiger partial charge in [0.1, 0.15) is 11.2 Å². The highest BCUT2D eigenvalue weighted by molar-refractivity contribution is 6.30. The summed E-state index contributed by atoms with van der Waals surface area (Å²) in [5.74, 6) is 0. The molecule has 258 valence electrons. The lowest BCUT2D eigenvalue weighted by molar-refractivity contribution is 0.670. The average molecular weight is 702 g/mol. The van der Waals surface area contributed by atoms with Gasteiger partial charge in [-0.1, -0.05) is 140 Å². The van der Waals surface area contributed by atoms with Crippen LogP contribution in [0.5, 0.6) is 0 Å². The largest absolute Gasteiger partial charge is 0.456 e. The van der Waals surface area contributed by atoms with E-state index in [4.69, 9.17) is 4.42 Å². The van der Waals surface area contributed by atoms with Crippen LogP contribution in [0.25, 0.3) is 87.3 Å². The molecule has 0 fully saturated rings. The highest BCUT2D eigenvalue weighted by atomic mass is 16.3. The topological polar surface area (TPSA) is 16.4 Å². The summed E-state index contributed by atoms with van der Waals surface area (Å²) in [5, 5.41) is 12.1. The van der Waals surface area contributed by atoms with Crippen molar-refractivity contribution in [1.29, 1.82) is 0 Å². The molecule has 0 saturated carbocycles. The van der Waals surface area contributed by atoms with Crippen molar-refractivity contribution in [2.75, 3.05) is 4.90 Å². The number of hydrogen-bond acceptors (Lipinski definition) is 2. The Balaban J connectivity index is 1.15. The van der Waals surface area contributed by atoms with Crippen molar-refractivity contribution >= 4 is 82.1 Å². The standard InChI is InChI=1S/C53H35NO/c1-34-30-39(36-14-6-3-7-15-36)22-28-50(34)54(40-24-20-37(21-25-40)35-12-4-2-5-13-35)41-26-27-45-46(31-41)43-18-10-11-19-44(43)48-33-52-49(32-47(45)48)53-42-17-9-8-16-38(42)23-29-51(53)55-52/h2-33H,1H3. The maximum atomic E-state index is 6.56. The predicted octanol–water partition coefficient (Wildman–Crippen LogP) is 15.3. The Morgan fingerprint density at radius 1 is 0.345 bits per heavy atom. The summed E-state index contributed by atoms with van der Waals surface area (Å²) < 4.78 is 6.56. The van der Waals surface area contributed by atoms with Gasteiger partial charge in [0.05, 0.1) is 0 Å². The first-order valence-corrected chi connectivity index (χ1v) is 18.9. The van der Waals surface area contributed by atoms with Gasteiger partial charge in [0.15, 0.2) is 0 Å². The van der Waals surface area contributed by atoms with Crippen molar-refractivity contribution in [3.8, 4) is 22.3 Å². The van der Waals surface area contributed by atoms with Gasteiger partial charge in [0.2, 0.25) is 0 Å². The molecule has 0 spiro atoms. The molecular weight excluding hydrogens is 667 g/mol. The molecule has 0 saturated heterocycles. The molecule has 2 nitrogen and oxygen atoms in total. The number of fused-ring (bicyclic) bond motifs is 11. The molecule has 0 aliphatic carbocycles. The molecule has 2 heteroatoms. The van der Waals surface area contributed by atoms with E-state index in [2.05, 4.69) is 206 Å². The minimum absolute atomic E-state index is 0.916. The van der Waals surface area contributed by atoms with Gasteiger partial charge in [-0.05, 0) is 132 Å². The Labute approximate surface area is 319 Å². The van der Waals surface area contributed by atoms with Crippen LogP contribution in [0.15, 0.2) is 199 Å². The monoisotopic (exact) mass is 701 g/mol. The van der Waals surface area contributed by atoms with Crippen LogP contribution in [-0.4, -0.2) is 0 Å². The van der Waals surface area contributed by atoms with E-state index in [1.165, 1.54) is 76.3 Å². The van der Waals surface area contributed by atoms with Crippen LogP contribution < -0.4 is 4.90 Å². The van der Waals surface area contributed by atoms with E-state index in [1.54, 1.807) is 0 Å². The Hall–Kier alpha value is -7.16. The van der Waals surface area contributed by atoms with E-state index < -0.39 is 0 Å². The average Bonchev–Trinajstić information content (AvgIpc) is 3.63. The SMILES string of the molecule is Cc1cc(-c2ccccc2)ccc1N(c1ccc(-c2ccccc2)cc1)c1ccc2c(c1)c1ccccc1c1cc3oc4ccc5ccccc5c4c3cc21. The highest BCUT2D eigenvalue weighted by Gasteiger charge is 2.19. The van der Waals surface area contributed by atoms with E-state index in [-0.39, 0.29) is 0 Å².